The van der Waals surface area contributed by atoms with Crippen LogP contribution in [0.4, 0.5) is 0 Å². The molecule has 1 unspecified atom stereocenters. The number of terminal acetylenes is 1. The second kappa shape index (κ2) is 4.88. The third-order valence-electron chi connectivity index (χ3n) is 3.00. The SMILES string of the molecule is C#C[C@@]1(O)C(O)[C@@H](CO)O[C@H]1n1ccc(=O)[nH]c1=S. The van der Waals surface area contributed by atoms with Gasteiger partial charge in [-0.3, -0.25) is 14.3 Å². The van der Waals surface area contributed by atoms with Crippen molar-refractivity contribution in [1.82, 2.24) is 9.55 Å². The summed E-state index contributed by atoms with van der Waals surface area (Å²) in [6, 6.07) is 1.18. The Balaban J connectivity index is 2.52. The summed E-state index contributed by atoms with van der Waals surface area (Å²) in [6.07, 6.45) is 2.82. The highest BCUT2D eigenvalue weighted by Gasteiger charge is 2.55. The van der Waals surface area contributed by atoms with Crippen LogP contribution in [0.5, 0.6) is 0 Å². The molecule has 0 aromatic carbocycles. The number of aromatic nitrogens is 2. The van der Waals surface area contributed by atoms with Crippen LogP contribution in [-0.4, -0.2) is 49.3 Å². The third-order valence-corrected chi connectivity index (χ3v) is 3.31. The molecule has 8 heteroatoms. The fraction of sp³-hybridized carbons (Fsp3) is 0.455. The number of nitrogens with one attached hydrogen (secondary N) is 1. The Bertz CT molecular complexity index is 633. The maximum Gasteiger partial charge on any atom is 0.251 e. The van der Waals surface area contributed by atoms with E-state index in [9.17, 15) is 15.0 Å². The van der Waals surface area contributed by atoms with Crippen molar-refractivity contribution in [2.75, 3.05) is 6.61 Å². The molecule has 1 saturated heterocycles. The molecule has 4 N–H and O–H groups in total. The number of aromatic amines is 1. The lowest BCUT2D eigenvalue weighted by molar-refractivity contribution is -0.0754. The average molecular weight is 284 g/mol. The maximum atomic E-state index is 11.1. The van der Waals surface area contributed by atoms with E-state index in [-0.39, 0.29) is 4.77 Å². The summed E-state index contributed by atoms with van der Waals surface area (Å²) in [5.74, 6) is 2.06. The van der Waals surface area contributed by atoms with Crippen LogP contribution in [0.2, 0.25) is 0 Å². The lowest BCUT2D eigenvalue weighted by Crippen LogP contribution is -2.46. The number of H-pyrrole nitrogens is 1. The predicted octanol–water partition coefficient (Wildman–Crippen LogP) is -1.48. The molecule has 1 aliphatic rings. The minimum Gasteiger partial charge on any atom is -0.394 e. The second-order valence-electron chi connectivity index (χ2n) is 4.14. The minimum atomic E-state index is -2.05. The van der Waals surface area contributed by atoms with E-state index < -0.39 is 36.2 Å². The molecule has 19 heavy (non-hydrogen) atoms. The van der Waals surface area contributed by atoms with Crippen LogP contribution in [-0.2, 0) is 4.74 Å². The molecule has 1 aliphatic heterocycles. The van der Waals surface area contributed by atoms with Crippen molar-refractivity contribution in [3.63, 3.8) is 0 Å². The predicted molar refractivity (Wildman–Crippen MR) is 66.7 cm³/mol. The van der Waals surface area contributed by atoms with Crippen molar-refractivity contribution in [3.8, 4) is 12.3 Å². The number of hydrogen-bond donors (Lipinski definition) is 4. The van der Waals surface area contributed by atoms with Gasteiger partial charge < -0.3 is 20.1 Å². The van der Waals surface area contributed by atoms with Gasteiger partial charge in [-0.25, -0.2) is 0 Å². The molecule has 0 amide bonds. The molecule has 0 aliphatic carbocycles. The molecule has 1 fully saturated rings. The van der Waals surface area contributed by atoms with Crippen molar-refractivity contribution >= 4 is 12.2 Å². The Kier molecular flexibility index (Phi) is 3.58. The van der Waals surface area contributed by atoms with Gasteiger partial charge in [-0.1, -0.05) is 5.92 Å². The molecule has 0 saturated carbocycles. The van der Waals surface area contributed by atoms with Crippen LogP contribution in [0, 0.1) is 17.1 Å². The highest BCUT2D eigenvalue weighted by Crippen LogP contribution is 2.37. The maximum absolute atomic E-state index is 11.1. The van der Waals surface area contributed by atoms with E-state index in [4.69, 9.17) is 28.5 Å². The van der Waals surface area contributed by atoms with E-state index in [1.54, 1.807) is 0 Å². The van der Waals surface area contributed by atoms with Gasteiger partial charge in [-0.05, 0) is 12.2 Å². The number of nitrogens with zero attached hydrogens (tertiary/aromatic N) is 1. The van der Waals surface area contributed by atoms with Crippen LogP contribution < -0.4 is 5.56 Å². The zero-order valence-corrected chi connectivity index (χ0v) is 10.5. The zero-order chi connectivity index (χ0) is 14.2. The number of ether oxygens (including phenoxy) is 1. The summed E-state index contributed by atoms with van der Waals surface area (Å²) in [5.41, 5.74) is -2.47. The summed E-state index contributed by atoms with van der Waals surface area (Å²) in [4.78, 5) is 13.4. The average Bonchev–Trinajstić information content (AvgIpc) is 2.63. The summed E-state index contributed by atoms with van der Waals surface area (Å²) >= 11 is 4.94. The smallest absolute Gasteiger partial charge is 0.251 e. The molecular weight excluding hydrogens is 272 g/mol. The van der Waals surface area contributed by atoms with Crippen LogP contribution in [0.15, 0.2) is 17.1 Å². The summed E-state index contributed by atoms with van der Waals surface area (Å²) in [5, 5.41) is 29.3. The van der Waals surface area contributed by atoms with Gasteiger partial charge in [-0.2, -0.15) is 0 Å². The lowest BCUT2D eigenvalue weighted by atomic mass is 9.95. The topological polar surface area (TPSA) is 108 Å². The van der Waals surface area contributed by atoms with Crippen LogP contribution in [0.3, 0.4) is 0 Å². The van der Waals surface area contributed by atoms with E-state index in [1.807, 2.05) is 0 Å². The quantitative estimate of drug-likeness (QED) is 0.390. The van der Waals surface area contributed by atoms with Gasteiger partial charge in [0.05, 0.1) is 6.61 Å². The van der Waals surface area contributed by atoms with Crippen molar-refractivity contribution in [2.24, 2.45) is 0 Å². The van der Waals surface area contributed by atoms with Crippen molar-refractivity contribution in [1.29, 1.82) is 0 Å². The van der Waals surface area contributed by atoms with Crippen molar-refractivity contribution in [3.05, 3.63) is 27.4 Å². The van der Waals surface area contributed by atoms with Crippen LogP contribution >= 0.6 is 12.2 Å². The van der Waals surface area contributed by atoms with E-state index in [1.165, 1.54) is 16.8 Å². The zero-order valence-electron chi connectivity index (χ0n) is 9.68. The van der Waals surface area contributed by atoms with Gasteiger partial charge in [-0.15, -0.1) is 6.42 Å². The third kappa shape index (κ3) is 2.11. The van der Waals surface area contributed by atoms with Gasteiger partial charge in [0.2, 0.25) is 0 Å². The monoisotopic (exact) mass is 284 g/mol. The highest BCUT2D eigenvalue weighted by atomic mass is 32.1. The molecular formula is C11H12N2O5S. The minimum absolute atomic E-state index is 0.0167. The first-order valence-electron chi connectivity index (χ1n) is 5.40. The molecule has 4 atom stereocenters. The number of rotatable bonds is 2. The number of aliphatic hydroxyl groups is 3. The van der Waals surface area contributed by atoms with E-state index >= 15 is 0 Å². The molecule has 1 aromatic rings. The molecule has 1 aromatic heterocycles. The lowest BCUT2D eigenvalue weighted by Gasteiger charge is -2.26. The van der Waals surface area contributed by atoms with Crippen molar-refractivity contribution < 1.29 is 20.1 Å². The second-order valence-corrected chi connectivity index (χ2v) is 4.53. The Morgan fingerprint density at radius 3 is 2.89 bits per heavy atom. The summed E-state index contributed by atoms with van der Waals surface area (Å²) in [6.45, 7) is -0.516. The van der Waals surface area contributed by atoms with E-state index in [0.29, 0.717) is 0 Å². The van der Waals surface area contributed by atoms with E-state index in [2.05, 4.69) is 10.9 Å². The van der Waals surface area contributed by atoms with Gasteiger partial charge in [0.1, 0.15) is 12.2 Å². The first kappa shape index (κ1) is 13.9. The van der Waals surface area contributed by atoms with Crippen LogP contribution in [0.25, 0.3) is 0 Å². The fourth-order valence-electron chi connectivity index (χ4n) is 1.96. The number of hydrogen-bond acceptors (Lipinski definition) is 6. The Labute approximate surface area is 113 Å². The molecule has 102 valence electrons. The molecule has 2 heterocycles. The largest absolute Gasteiger partial charge is 0.394 e. The highest BCUT2D eigenvalue weighted by molar-refractivity contribution is 7.71. The molecule has 0 spiro atoms. The van der Waals surface area contributed by atoms with Gasteiger partial charge in [0.25, 0.3) is 5.56 Å². The molecule has 0 bridgehead atoms. The van der Waals surface area contributed by atoms with E-state index in [0.717, 1.165) is 0 Å². The normalized spacial score (nSPS) is 34.1. The fourth-order valence-corrected chi connectivity index (χ4v) is 2.22. The Hall–Kier alpha value is -1.50. The van der Waals surface area contributed by atoms with Gasteiger partial charge >= 0.3 is 0 Å². The first-order valence-corrected chi connectivity index (χ1v) is 5.81. The van der Waals surface area contributed by atoms with Gasteiger partial charge in [0, 0.05) is 12.3 Å². The summed E-state index contributed by atoms with van der Waals surface area (Å²) in [7, 11) is 0. The van der Waals surface area contributed by atoms with Crippen LogP contribution in [0.1, 0.15) is 6.23 Å². The first-order chi connectivity index (χ1) is 8.93. The van der Waals surface area contributed by atoms with Crippen molar-refractivity contribution in [2.45, 2.75) is 24.0 Å². The number of aliphatic hydroxyl groups excluding tert-OH is 2. The summed E-state index contributed by atoms with van der Waals surface area (Å²) < 4.78 is 6.52. The van der Waals surface area contributed by atoms with Gasteiger partial charge in [0.15, 0.2) is 16.6 Å². The Morgan fingerprint density at radius 1 is 1.68 bits per heavy atom. The Morgan fingerprint density at radius 2 is 2.37 bits per heavy atom. The molecule has 0 radical (unpaired) electrons. The molecule has 2 rings (SSSR count). The standard InChI is InChI=1S/C11H12N2O5S/c1-2-11(17)8(16)6(5-14)18-9(11)13-4-3-7(15)12-10(13)19/h1,3-4,6,8-9,14,16-17H,5H2,(H,12,15,19)/t6-,8?,9-,11-/m1/s1. The molecule has 7 nitrogen and oxygen atoms in total.